The Bertz CT molecular complexity index is 6.00. The molecule has 0 saturated heterocycles. The standard InChI is InChI=1S/2BrH.H3P.H2S/h2*1H;1H3;1H2. The quantitative estimate of drug-likeness (QED) is 0.550. The van der Waals surface area contributed by atoms with Crippen LogP contribution in [-0.2, 0) is 0 Å². The molecule has 0 bridgehead atoms. The molecule has 0 radical (unpaired) electrons. The molecular weight excluding hydrogens is 223 g/mol. The lowest BCUT2D eigenvalue weighted by Crippen LogP contribution is 0.648. The molecule has 32 valence electrons. The highest BCUT2D eigenvalue weighted by molar-refractivity contribution is 8.93. The molecule has 0 nitrogen and oxygen atoms in total. The SMILES string of the molecule is Br.Br.P.S. The predicted molar refractivity (Wildman–Crippen MR) is 42.1 cm³/mol. The van der Waals surface area contributed by atoms with E-state index in [2.05, 4.69) is 0 Å². The first-order chi connectivity index (χ1) is 0. The van der Waals surface area contributed by atoms with Crippen LogP contribution in [-0.4, -0.2) is 0 Å². The summed E-state index contributed by atoms with van der Waals surface area (Å²) in [6.07, 6.45) is 0. The second kappa shape index (κ2) is 21.9. The van der Waals surface area contributed by atoms with E-state index in [1.165, 1.54) is 0 Å². The Hall–Kier alpha value is 1.74. The molecule has 4 heavy (non-hydrogen) atoms. The van der Waals surface area contributed by atoms with E-state index in [1.807, 2.05) is 0 Å². The van der Waals surface area contributed by atoms with E-state index in [0.717, 1.165) is 0 Å². The molecule has 1 atom stereocenters. The first-order valence-electron chi connectivity index (χ1n) is 0. The van der Waals surface area contributed by atoms with Crippen LogP contribution in [0.3, 0.4) is 0 Å². The van der Waals surface area contributed by atoms with Gasteiger partial charge in [0, 0.05) is 0 Å². The Morgan fingerprint density at radius 3 is 0.750 bits per heavy atom. The van der Waals surface area contributed by atoms with Crippen LogP contribution in [0.4, 0.5) is 0 Å². The molecule has 0 spiro atoms. The van der Waals surface area contributed by atoms with Crippen LogP contribution < -0.4 is 0 Å². The van der Waals surface area contributed by atoms with Crippen molar-refractivity contribution in [2.45, 2.75) is 0 Å². The smallest absolute Gasteiger partial charge is 0.114 e. The van der Waals surface area contributed by atoms with E-state index in [4.69, 9.17) is 0 Å². The molecule has 0 aromatic heterocycles. The van der Waals surface area contributed by atoms with Gasteiger partial charge in [-0.05, 0) is 0 Å². The van der Waals surface area contributed by atoms with Crippen molar-refractivity contribution in [3.8, 4) is 0 Å². The van der Waals surface area contributed by atoms with Gasteiger partial charge in [0.1, 0.15) is 0 Å². The highest BCUT2D eigenvalue weighted by atomic mass is 79.9. The van der Waals surface area contributed by atoms with Gasteiger partial charge in [-0.2, -0.15) is 23.4 Å². The zero-order valence-electron chi connectivity index (χ0n) is 2.02. The zero-order chi connectivity index (χ0) is 0. The molecule has 0 N–H and O–H groups in total. The summed E-state index contributed by atoms with van der Waals surface area (Å²) in [6, 6.07) is 0. The van der Waals surface area contributed by atoms with Crippen LogP contribution in [0.1, 0.15) is 0 Å². The molecule has 0 amide bonds. The van der Waals surface area contributed by atoms with Crippen LogP contribution >= 0.6 is 57.4 Å². The first-order valence-corrected chi connectivity index (χ1v) is 0. The lowest BCUT2D eigenvalue weighted by atomic mass is 31.0. The van der Waals surface area contributed by atoms with Gasteiger partial charge in [0.05, 0.1) is 0 Å². The molecule has 0 aromatic carbocycles. The highest BCUT2D eigenvalue weighted by Crippen LogP contribution is 0.861. The van der Waals surface area contributed by atoms with E-state index < -0.39 is 0 Å². The van der Waals surface area contributed by atoms with Crippen molar-refractivity contribution in [2.24, 2.45) is 0 Å². The third-order valence-corrected chi connectivity index (χ3v) is 0. The van der Waals surface area contributed by atoms with E-state index in [0.29, 0.717) is 0 Å². The minimum Gasteiger partial charge on any atom is -0.197 e. The minimum atomic E-state index is 0. The average Bonchev–Trinajstić information content (AvgIpc) is 0. The van der Waals surface area contributed by atoms with E-state index in [9.17, 15) is 0 Å². The van der Waals surface area contributed by atoms with Crippen LogP contribution in [0.15, 0.2) is 0 Å². The van der Waals surface area contributed by atoms with Gasteiger partial charge in [-0.3, -0.25) is 0 Å². The fourth-order valence-electron chi connectivity index (χ4n) is 0. The minimum absolute atomic E-state index is 0. The Morgan fingerprint density at radius 1 is 0.750 bits per heavy atom. The van der Waals surface area contributed by atoms with Crippen molar-refractivity contribution in [2.75, 3.05) is 0 Å². The maximum Gasteiger partial charge on any atom is -0.114 e. The van der Waals surface area contributed by atoms with Crippen LogP contribution in [0, 0.1) is 0 Å². The summed E-state index contributed by atoms with van der Waals surface area (Å²) in [4.78, 5) is 0. The molecule has 0 aliphatic carbocycles. The molecule has 0 fully saturated rings. The van der Waals surface area contributed by atoms with Crippen LogP contribution in [0.2, 0.25) is 0 Å². The molecule has 0 saturated carbocycles. The van der Waals surface area contributed by atoms with Crippen molar-refractivity contribution >= 4 is 57.4 Å². The second-order valence-corrected chi connectivity index (χ2v) is 0. The van der Waals surface area contributed by atoms with Gasteiger partial charge in [-0.25, -0.2) is 0 Å². The summed E-state index contributed by atoms with van der Waals surface area (Å²) in [5.74, 6) is 0. The number of hydrogen-bond acceptors (Lipinski definition) is 0. The monoisotopic (exact) mass is 228 g/mol. The molecule has 0 heterocycles. The summed E-state index contributed by atoms with van der Waals surface area (Å²) >= 11 is 0. The fourth-order valence-corrected chi connectivity index (χ4v) is 0. The molecule has 0 aliphatic rings. The Balaban J connectivity index is 0. The van der Waals surface area contributed by atoms with Gasteiger partial charge in [0.25, 0.3) is 0 Å². The van der Waals surface area contributed by atoms with E-state index in [1.54, 1.807) is 0 Å². The third kappa shape index (κ3) is 9.27. The van der Waals surface area contributed by atoms with Crippen molar-refractivity contribution in [1.82, 2.24) is 0 Å². The van der Waals surface area contributed by atoms with Crippen molar-refractivity contribution < 1.29 is 0 Å². The summed E-state index contributed by atoms with van der Waals surface area (Å²) in [6.45, 7) is 0. The van der Waals surface area contributed by atoms with E-state index in [-0.39, 0.29) is 57.4 Å². The number of hydrogen-bond donors (Lipinski definition) is 0. The molecular formula is H7Br2PS. The van der Waals surface area contributed by atoms with Gasteiger partial charge < -0.3 is 0 Å². The molecule has 4 heteroatoms. The van der Waals surface area contributed by atoms with E-state index >= 15 is 0 Å². The average molecular weight is 230 g/mol. The third-order valence-electron chi connectivity index (χ3n) is 0. The van der Waals surface area contributed by atoms with Gasteiger partial charge in [-0.1, -0.05) is 0 Å². The molecule has 0 rings (SSSR count). The summed E-state index contributed by atoms with van der Waals surface area (Å²) in [7, 11) is 0. The van der Waals surface area contributed by atoms with Gasteiger partial charge >= 0.3 is 0 Å². The Morgan fingerprint density at radius 2 is 0.750 bits per heavy atom. The second-order valence-electron chi connectivity index (χ2n) is 0. The largest absolute Gasteiger partial charge is 0.197 e. The van der Waals surface area contributed by atoms with Crippen molar-refractivity contribution in [1.29, 1.82) is 0 Å². The highest BCUT2D eigenvalue weighted by Gasteiger charge is -0.113. The molecule has 0 aromatic rings. The number of halogens is 2. The van der Waals surface area contributed by atoms with Gasteiger partial charge in [0.2, 0.25) is 0 Å². The van der Waals surface area contributed by atoms with Crippen molar-refractivity contribution in [3.05, 3.63) is 0 Å². The van der Waals surface area contributed by atoms with Crippen LogP contribution in [0.5, 0.6) is 0 Å². The lowest BCUT2D eigenvalue weighted by molar-refractivity contribution is 6.92. The molecule has 0 aliphatic heterocycles. The topological polar surface area (TPSA) is 0 Å². The maximum atomic E-state index is 0. The normalized spacial score (nSPS) is 0. The van der Waals surface area contributed by atoms with Crippen molar-refractivity contribution in [3.63, 3.8) is 0 Å². The summed E-state index contributed by atoms with van der Waals surface area (Å²) in [5, 5.41) is 0. The summed E-state index contributed by atoms with van der Waals surface area (Å²) in [5.41, 5.74) is 0. The van der Waals surface area contributed by atoms with Gasteiger partial charge in [-0.15, -0.1) is 34.0 Å². The lowest BCUT2D eigenvalue weighted by Gasteiger charge is -0.197. The zero-order valence-corrected chi connectivity index (χ0v) is 7.86. The summed E-state index contributed by atoms with van der Waals surface area (Å²) < 4.78 is 0. The predicted octanol–water partition coefficient (Wildman–Crippen LogP) is 1.33. The Labute approximate surface area is 57.3 Å². The van der Waals surface area contributed by atoms with Crippen LogP contribution in [0.25, 0.3) is 0 Å². The fraction of sp³-hybridized carbons (Fsp3) is 0. The Kier molecular flexibility index (Phi) is 233. The van der Waals surface area contributed by atoms with Gasteiger partial charge in [0.15, 0.2) is 0 Å². The maximum absolute atomic E-state index is 0. The number of rotatable bonds is 0. The molecule has 1 unspecified atom stereocenters. The first kappa shape index (κ1) is 42.6.